The first-order chi connectivity index (χ1) is 14.8. The minimum Gasteiger partial charge on any atom is -0.461 e. The molecular formula is C14H11F17O4. The predicted octanol–water partition coefficient (Wildman–Crippen LogP) is 6.45. The zero-order valence-corrected chi connectivity index (χ0v) is 16.8. The van der Waals surface area contributed by atoms with Gasteiger partial charge in [0.05, 0.1) is 6.61 Å². The van der Waals surface area contributed by atoms with Crippen molar-refractivity contribution in [3.63, 3.8) is 0 Å². The van der Waals surface area contributed by atoms with E-state index in [1.807, 2.05) is 4.74 Å². The lowest BCUT2D eigenvalue weighted by atomic mass is 9.99. The third-order valence-corrected chi connectivity index (χ3v) is 3.26. The van der Waals surface area contributed by atoms with Crippen LogP contribution in [-0.2, 0) is 19.0 Å². The molecule has 2 atom stereocenters. The minimum atomic E-state index is -8.05. The Morgan fingerprint density at radius 1 is 0.571 bits per heavy atom. The van der Waals surface area contributed by atoms with Crippen molar-refractivity contribution in [2.75, 3.05) is 6.61 Å². The number of hydrogen-bond acceptors (Lipinski definition) is 4. The molecule has 0 aliphatic rings. The van der Waals surface area contributed by atoms with Gasteiger partial charge in [-0.2, -0.15) is 74.6 Å². The van der Waals surface area contributed by atoms with Gasteiger partial charge in [-0.15, -0.1) is 0 Å². The smallest absolute Gasteiger partial charge is 0.461 e. The van der Waals surface area contributed by atoms with Crippen molar-refractivity contribution in [3.05, 3.63) is 0 Å². The van der Waals surface area contributed by atoms with E-state index in [9.17, 15) is 79.4 Å². The molecule has 0 aromatic carbocycles. The van der Waals surface area contributed by atoms with Crippen molar-refractivity contribution in [1.29, 1.82) is 0 Å². The fraction of sp³-hybridized carbons (Fsp3) is 0.929. The van der Waals surface area contributed by atoms with Crippen LogP contribution in [0.1, 0.15) is 20.8 Å². The van der Waals surface area contributed by atoms with E-state index in [0.717, 1.165) is 20.8 Å². The van der Waals surface area contributed by atoms with Gasteiger partial charge in [0.1, 0.15) is 0 Å². The number of hydrogen-bond donors (Lipinski definition) is 0. The maximum Gasteiger partial charge on any atom is 0.462 e. The van der Waals surface area contributed by atoms with Crippen LogP contribution >= 0.6 is 0 Å². The molecule has 0 amide bonds. The average Bonchev–Trinajstić information content (AvgIpc) is 2.54. The fourth-order valence-corrected chi connectivity index (χ4v) is 1.52. The molecule has 0 saturated carbocycles. The van der Waals surface area contributed by atoms with Gasteiger partial charge >= 0.3 is 54.3 Å². The van der Waals surface area contributed by atoms with E-state index in [4.69, 9.17) is 0 Å². The largest absolute Gasteiger partial charge is 0.462 e. The van der Waals surface area contributed by atoms with Gasteiger partial charge in [-0.05, 0) is 5.41 Å². The molecule has 0 rings (SSSR count). The molecule has 0 N–H and O–H groups in total. The molecule has 4 nitrogen and oxygen atoms in total. The monoisotopic (exact) mass is 566 g/mol. The Bertz CT molecular complexity index is 763. The number of ether oxygens (including phenoxy) is 3. The van der Waals surface area contributed by atoms with E-state index in [2.05, 4.69) is 4.74 Å². The van der Waals surface area contributed by atoms with E-state index in [-0.39, 0.29) is 0 Å². The summed E-state index contributed by atoms with van der Waals surface area (Å²) in [5, 5.41) is 0. The van der Waals surface area contributed by atoms with Crippen LogP contribution in [-0.4, -0.2) is 61.0 Å². The van der Waals surface area contributed by atoms with Crippen LogP contribution in [0.2, 0.25) is 0 Å². The summed E-state index contributed by atoms with van der Waals surface area (Å²) in [5.74, 6) is -26.4. The highest BCUT2D eigenvalue weighted by Gasteiger charge is 2.85. The number of carbonyl (C=O) groups is 1. The van der Waals surface area contributed by atoms with Gasteiger partial charge in [0.25, 0.3) is 0 Å². The Balaban J connectivity index is 6.69. The quantitative estimate of drug-likeness (QED) is 0.251. The van der Waals surface area contributed by atoms with Gasteiger partial charge in [0.2, 0.25) is 0 Å². The molecule has 0 aromatic heterocycles. The maximum absolute atomic E-state index is 14.1. The molecule has 0 fully saturated rings. The molecule has 0 aliphatic heterocycles. The average molecular weight is 566 g/mol. The standard InChI is InChI=1S/C14H11F17O4/c1-6(2,3)4-33-5(32)7(15,10(19,20)21)34-14(30,31)9(18,12(25,26)27)35-13(28,29)8(16,17)11(22,23)24/h4H2,1-3H3. The van der Waals surface area contributed by atoms with Crippen LogP contribution in [0.15, 0.2) is 0 Å². The summed E-state index contributed by atoms with van der Waals surface area (Å²) >= 11 is 0. The summed E-state index contributed by atoms with van der Waals surface area (Å²) in [6, 6.07) is 0. The lowest BCUT2D eigenvalue weighted by molar-refractivity contribution is -0.548. The summed E-state index contributed by atoms with van der Waals surface area (Å²) in [7, 11) is 0. The van der Waals surface area contributed by atoms with E-state index >= 15 is 0 Å². The van der Waals surface area contributed by atoms with Crippen LogP contribution in [0.5, 0.6) is 0 Å². The van der Waals surface area contributed by atoms with Crippen molar-refractivity contribution in [1.82, 2.24) is 0 Å². The van der Waals surface area contributed by atoms with Gasteiger partial charge in [0, 0.05) is 0 Å². The third kappa shape index (κ3) is 6.50. The van der Waals surface area contributed by atoms with E-state index in [0.29, 0.717) is 0 Å². The highest BCUT2D eigenvalue weighted by molar-refractivity contribution is 5.79. The summed E-state index contributed by atoms with van der Waals surface area (Å²) in [6.07, 6.45) is -38.6. The van der Waals surface area contributed by atoms with Gasteiger partial charge in [-0.3, -0.25) is 9.47 Å². The Morgan fingerprint density at radius 3 is 1.26 bits per heavy atom. The van der Waals surface area contributed by atoms with Crippen molar-refractivity contribution in [3.8, 4) is 0 Å². The summed E-state index contributed by atoms with van der Waals surface area (Å²) in [4.78, 5) is 11.4. The highest BCUT2D eigenvalue weighted by atomic mass is 19.4. The normalized spacial score (nSPS) is 18.6. The van der Waals surface area contributed by atoms with Gasteiger partial charge < -0.3 is 4.74 Å². The molecule has 0 saturated heterocycles. The summed E-state index contributed by atoms with van der Waals surface area (Å²) in [6.45, 7) is 1.84. The van der Waals surface area contributed by atoms with Crippen molar-refractivity contribution >= 4 is 5.97 Å². The predicted molar refractivity (Wildman–Crippen MR) is 73.3 cm³/mol. The molecular weight excluding hydrogens is 555 g/mol. The van der Waals surface area contributed by atoms with Gasteiger partial charge in [-0.1, -0.05) is 20.8 Å². The molecule has 21 heteroatoms. The Morgan fingerprint density at radius 2 is 0.971 bits per heavy atom. The molecule has 0 spiro atoms. The molecule has 0 heterocycles. The second kappa shape index (κ2) is 8.94. The number of esters is 1. The van der Waals surface area contributed by atoms with Crippen LogP contribution in [0, 0.1) is 5.41 Å². The lowest BCUT2D eigenvalue weighted by Gasteiger charge is -2.40. The van der Waals surface area contributed by atoms with E-state index < -0.39 is 66.4 Å². The topological polar surface area (TPSA) is 44.8 Å². The first-order valence-corrected chi connectivity index (χ1v) is 8.08. The minimum absolute atomic E-state index is 1.05. The SMILES string of the molecule is CC(C)(C)COC(=O)C(F)(OC(F)(F)C(F)(OC(F)(F)C(F)(F)C(F)(F)F)C(F)(F)F)C(F)(F)F. The lowest BCUT2D eigenvalue weighted by Crippen LogP contribution is -2.68. The van der Waals surface area contributed by atoms with Crippen molar-refractivity contribution < 1.29 is 93.6 Å². The van der Waals surface area contributed by atoms with Crippen LogP contribution in [0.25, 0.3) is 0 Å². The molecule has 2 unspecified atom stereocenters. The number of rotatable bonds is 8. The first kappa shape index (κ1) is 33.2. The first-order valence-electron chi connectivity index (χ1n) is 8.08. The van der Waals surface area contributed by atoms with Gasteiger partial charge in [-0.25, -0.2) is 4.79 Å². The van der Waals surface area contributed by atoms with Crippen molar-refractivity contribution in [2.45, 2.75) is 69.1 Å². The fourth-order valence-electron chi connectivity index (χ4n) is 1.52. The van der Waals surface area contributed by atoms with Crippen LogP contribution in [0.3, 0.4) is 0 Å². The van der Waals surface area contributed by atoms with E-state index in [1.54, 1.807) is 0 Å². The molecule has 0 aliphatic carbocycles. The molecule has 210 valence electrons. The molecule has 35 heavy (non-hydrogen) atoms. The summed E-state index contributed by atoms with van der Waals surface area (Å²) < 4.78 is 227. The number of halogens is 17. The maximum atomic E-state index is 14.1. The van der Waals surface area contributed by atoms with Crippen LogP contribution in [0.4, 0.5) is 74.6 Å². The molecule has 0 radical (unpaired) electrons. The molecule has 0 aromatic rings. The third-order valence-electron chi connectivity index (χ3n) is 3.26. The number of carbonyl (C=O) groups excluding carboxylic acids is 1. The summed E-state index contributed by atoms with van der Waals surface area (Å²) in [5.41, 5.74) is -1.39. The Kier molecular flexibility index (Phi) is 8.48. The number of alkyl halides is 17. The van der Waals surface area contributed by atoms with Crippen LogP contribution < -0.4 is 0 Å². The second-order valence-electron chi connectivity index (χ2n) is 7.63. The highest BCUT2D eigenvalue weighted by Crippen LogP contribution is 2.56. The molecule has 0 bridgehead atoms. The zero-order valence-electron chi connectivity index (χ0n) is 16.8. The second-order valence-corrected chi connectivity index (χ2v) is 7.63. The zero-order chi connectivity index (χ0) is 28.9. The Labute approximate surface area is 182 Å². The van der Waals surface area contributed by atoms with Gasteiger partial charge in [0.15, 0.2) is 0 Å². The van der Waals surface area contributed by atoms with Crippen molar-refractivity contribution in [2.24, 2.45) is 5.41 Å². The Hall–Kier alpha value is -1.80. The van der Waals surface area contributed by atoms with E-state index in [1.165, 1.54) is 4.74 Å².